The Hall–Kier alpha value is -5.29. The second kappa shape index (κ2) is 16.3. The van der Waals surface area contributed by atoms with E-state index in [4.69, 9.17) is 19.2 Å². The molecule has 0 atom stereocenters. The lowest BCUT2D eigenvalue weighted by Crippen LogP contribution is -2.44. The number of ether oxygens (including phenoxy) is 4. The first-order chi connectivity index (χ1) is 27.6. The minimum Gasteiger partial charge on any atom is -0.496 e. The highest BCUT2D eigenvalue weighted by molar-refractivity contribution is 5.69. The highest BCUT2D eigenvalue weighted by Crippen LogP contribution is 2.49. The van der Waals surface area contributed by atoms with Crippen LogP contribution in [-0.4, -0.2) is 61.7 Å². The van der Waals surface area contributed by atoms with E-state index in [0.717, 1.165) is 102 Å². The molecule has 3 heterocycles. The minimum atomic E-state index is -4.76. The highest BCUT2D eigenvalue weighted by Gasteiger charge is 2.32. The fourth-order valence-corrected chi connectivity index (χ4v) is 8.32. The molecule has 3 aromatic carbocycles. The van der Waals surface area contributed by atoms with Crippen LogP contribution < -0.4 is 23.8 Å². The van der Waals surface area contributed by atoms with Crippen LogP contribution in [0, 0.1) is 6.92 Å². The van der Waals surface area contributed by atoms with Crippen LogP contribution in [0.25, 0.3) is 22.4 Å². The Bertz CT molecular complexity index is 2200. The van der Waals surface area contributed by atoms with E-state index in [2.05, 4.69) is 56.8 Å². The summed E-state index contributed by atoms with van der Waals surface area (Å²) in [6, 6.07) is 21.3. The number of hydrogen-bond acceptors (Lipinski definition) is 8. The Kier molecular flexibility index (Phi) is 11.0. The summed E-state index contributed by atoms with van der Waals surface area (Å²) >= 11 is 0. The maximum absolute atomic E-state index is 13.0. The van der Waals surface area contributed by atoms with Crippen LogP contribution in [0.1, 0.15) is 78.2 Å². The molecule has 2 aliphatic carbocycles. The van der Waals surface area contributed by atoms with Gasteiger partial charge in [0.25, 0.3) is 0 Å². The van der Waals surface area contributed by atoms with E-state index >= 15 is 0 Å². The molecular formula is C46H49F3N4O4. The summed E-state index contributed by atoms with van der Waals surface area (Å²) in [5, 5.41) is 0. The molecule has 0 radical (unpaired) electrons. The van der Waals surface area contributed by atoms with Crippen molar-refractivity contribution in [2.75, 3.05) is 39.3 Å². The number of nitrogens with zero attached hydrogens (tertiary/aromatic N) is 4. The van der Waals surface area contributed by atoms with Crippen LogP contribution >= 0.6 is 0 Å². The summed E-state index contributed by atoms with van der Waals surface area (Å²) < 4.78 is 60.6. The van der Waals surface area contributed by atoms with Gasteiger partial charge in [0.05, 0.1) is 27.0 Å². The van der Waals surface area contributed by atoms with Crippen molar-refractivity contribution in [3.8, 4) is 45.4 Å². The van der Waals surface area contributed by atoms with Crippen LogP contribution in [0.2, 0.25) is 0 Å². The zero-order valence-corrected chi connectivity index (χ0v) is 32.9. The van der Waals surface area contributed by atoms with Gasteiger partial charge in [-0.15, -0.1) is 13.2 Å². The van der Waals surface area contributed by atoms with Crippen molar-refractivity contribution in [3.63, 3.8) is 0 Å². The van der Waals surface area contributed by atoms with Gasteiger partial charge >= 0.3 is 6.36 Å². The quantitative estimate of drug-likeness (QED) is 0.110. The van der Waals surface area contributed by atoms with E-state index in [0.29, 0.717) is 24.1 Å². The number of benzene rings is 3. The Balaban J connectivity index is 1.01. The SMILES string of the molecule is COc1cc(-c2cncc(CN3CCC(N(Cc4ccnc(-c5cc(OC)c(OC)c(C6CC6)c5)c4)c4ccc(OC(F)(F)F)cc4)CC3)c2)cc(C2CC2)c1C. The van der Waals surface area contributed by atoms with E-state index < -0.39 is 6.36 Å². The predicted molar refractivity (Wildman–Crippen MR) is 215 cm³/mol. The average molecular weight is 779 g/mol. The molecule has 8 rings (SSSR count). The van der Waals surface area contributed by atoms with E-state index in [9.17, 15) is 13.2 Å². The number of alkyl halides is 3. The molecule has 0 amide bonds. The summed E-state index contributed by atoms with van der Waals surface area (Å²) in [7, 11) is 5.06. The molecule has 3 aliphatic rings. The lowest BCUT2D eigenvalue weighted by molar-refractivity contribution is -0.274. The minimum absolute atomic E-state index is 0.153. The van der Waals surface area contributed by atoms with Crippen molar-refractivity contribution in [2.24, 2.45) is 0 Å². The summed E-state index contributed by atoms with van der Waals surface area (Å²) in [6.45, 7) is 5.20. The Morgan fingerprint density at radius 2 is 1.40 bits per heavy atom. The summed E-state index contributed by atoms with van der Waals surface area (Å²) in [4.78, 5) is 14.2. The van der Waals surface area contributed by atoms with Crippen molar-refractivity contribution in [3.05, 3.63) is 113 Å². The van der Waals surface area contributed by atoms with Crippen LogP contribution in [0.3, 0.4) is 0 Å². The van der Waals surface area contributed by atoms with Crippen molar-refractivity contribution in [1.29, 1.82) is 0 Å². The van der Waals surface area contributed by atoms with Crippen LogP contribution in [0.4, 0.5) is 18.9 Å². The lowest BCUT2D eigenvalue weighted by atomic mass is 9.96. The summed E-state index contributed by atoms with van der Waals surface area (Å²) in [6.07, 6.45) is 7.39. The number of halogens is 3. The average Bonchev–Trinajstić information content (AvgIpc) is 4.15. The molecule has 0 N–H and O–H groups in total. The van der Waals surface area contributed by atoms with Crippen LogP contribution in [-0.2, 0) is 13.1 Å². The van der Waals surface area contributed by atoms with Crippen molar-refractivity contribution < 1.29 is 32.1 Å². The van der Waals surface area contributed by atoms with E-state index in [1.165, 1.54) is 36.1 Å². The highest BCUT2D eigenvalue weighted by atomic mass is 19.4. The Morgan fingerprint density at radius 1 is 0.719 bits per heavy atom. The number of piperidine rings is 1. The van der Waals surface area contributed by atoms with Gasteiger partial charge in [-0.25, -0.2) is 0 Å². The smallest absolute Gasteiger partial charge is 0.496 e. The van der Waals surface area contributed by atoms with Gasteiger partial charge in [0.2, 0.25) is 0 Å². The molecule has 8 nitrogen and oxygen atoms in total. The second-order valence-electron chi connectivity index (χ2n) is 15.6. The third-order valence-electron chi connectivity index (χ3n) is 11.6. The largest absolute Gasteiger partial charge is 0.573 e. The first-order valence-corrected chi connectivity index (χ1v) is 19.8. The molecule has 0 spiro atoms. The predicted octanol–water partition coefficient (Wildman–Crippen LogP) is 10.5. The molecule has 3 fully saturated rings. The van der Waals surface area contributed by atoms with E-state index in [-0.39, 0.29) is 11.8 Å². The summed E-state index contributed by atoms with van der Waals surface area (Å²) in [5.74, 6) is 3.19. The standard InChI is InChI=1S/C46H49F3N4O4/c1-29-40(32-5-6-32)21-34(23-43(29)54-2)36-19-31(25-50-26-36)27-52-17-14-38(15-18-52)53(37-9-11-39(12-10-37)57-46(47,48)49)28-30-13-16-51-42(20-30)35-22-41(33-7-8-33)45(56-4)44(24-35)55-3/h9-13,16,19-26,32-33,38H,5-8,14-15,17-18,27-28H2,1-4H3. The third-order valence-corrected chi connectivity index (χ3v) is 11.6. The van der Waals surface area contributed by atoms with Gasteiger partial charge < -0.3 is 23.8 Å². The molecule has 5 aromatic rings. The second-order valence-corrected chi connectivity index (χ2v) is 15.6. The van der Waals surface area contributed by atoms with Gasteiger partial charge in [-0.2, -0.15) is 0 Å². The van der Waals surface area contributed by atoms with Gasteiger partial charge in [-0.05, 0) is 146 Å². The Morgan fingerprint density at radius 3 is 2.07 bits per heavy atom. The van der Waals surface area contributed by atoms with Gasteiger partial charge in [-0.3, -0.25) is 14.9 Å². The molecule has 298 valence electrons. The third kappa shape index (κ3) is 8.99. The molecule has 11 heteroatoms. The number of rotatable bonds is 14. The molecule has 1 saturated heterocycles. The summed E-state index contributed by atoms with van der Waals surface area (Å²) in [5.41, 5.74) is 10.7. The molecule has 0 unspecified atom stereocenters. The van der Waals surface area contributed by atoms with Gasteiger partial charge in [0.15, 0.2) is 11.5 Å². The first-order valence-electron chi connectivity index (χ1n) is 19.8. The Labute approximate surface area is 332 Å². The van der Waals surface area contributed by atoms with Crippen LogP contribution in [0.15, 0.2) is 85.3 Å². The van der Waals surface area contributed by atoms with Gasteiger partial charge in [0, 0.05) is 73.2 Å². The molecule has 2 aromatic heterocycles. The fraction of sp³-hybridized carbons (Fsp3) is 0.391. The number of pyridine rings is 2. The number of aromatic nitrogens is 2. The maximum atomic E-state index is 13.0. The van der Waals surface area contributed by atoms with Crippen molar-refractivity contribution in [2.45, 2.75) is 82.8 Å². The van der Waals surface area contributed by atoms with Crippen molar-refractivity contribution in [1.82, 2.24) is 14.9 Å². The number of anilines is 1. The van der Waals surface area contributed by atoms with E-state index in [1.807, 2.05) is 30.7 Å². The zero-order valence-electron chi connectivity index (χ0n) is 32.9. The maximum Gasteiger partial charge on any atom is 0.573 e. The molecule has 1 aliphatic heterocycles. The van der Waals surface area contributed by atoms with Crippen LogP contribution in [0.5, 0.6) is 23.0 Å². The molecule has 2 saturated carbocycles. The monoisotopic (exact) mass is 778 g/mol. The molecular weight excluding hydrogens is 730 g/mol. The molecule has 57 heavy (non-hydrogen) atoms. The molecule has 0 bridgehead atoms. The van der Waals surface area contributed by atoms with E-state index in [1.54, 1.807) is 33.5 Å². The fourth-order valence-electron chi connectivity index (χ4n) is 8.32. The first kappa shape index (κ1) is 38.6. The van der Waals surface area contributed by atoms with Gasteiger partial charge in [0.1, 0.15) is 11.5 Å². The number of likely N-dealkylation sites (tertiary alicyclic amines) is 1. The van der Waals surface area contributed by atoms with Gasteiger partial charge in [-0.1, -0.05) is 6.07 Å². The normalized spacial score (nSPS) is 16.3. The lowest BCUT2D eigenvalue weighted by Gasteiger charge is -2.40. The zero-order chi connectivity index (χ0) is 39.7. The van der Waals surface area contributed by atoms with Crippen molar-refractivity contribution >= 4 is 5.69 Å². The number of hydrogen-bond donors (Lipinski definition) is 0. The number of methoxy groups -OCH3 is 3. The topological polar surface area (TPSA) is 69.2 Å².